The van der Waals surface area contributed by atoms with E-state index in [2.05, 4.69) is 5.10 Å². The van der Waals surface area contributed by atoms with Crippen LogP contribution in [0.15, 0.2) is 12.3 Å². The van der Waals surface area contributed by atoms with Crippen LogP contribution >= 0.6 is 0 Å². The minimum Gasteiger partial charge on any atom is -0.480 e. The number of carbonyl (C=O) groups is 2. The highest BCUT2D eigenvalue weighted by molar-refractivity contribution is 5.95. The second-order valence-electron chi connectivity index (χ2n) is 4.42. The van der Waals surface area contributed by atoms with Gasteiger partial charge in [0.15, 0.2) is 0 Å². The van der Waals surface area contributed by atoms with Crippen molar-refractivity contribution in [3.63, 3.8) is 0 Å². The molecule has 1 aromatic heterocycles. The van der Waals surface area contributed by atoms with Crippen molar-refractivity contribution in [1.82, 2.24) is 14.7 Å². The lowest BCUT2D eigenvalue weighted by atomic mass is 10.0. The standard InChI is InChI=1S/C11H15N3O3/c1-7-3-6-14(9(7)11(16)17)10(15)8-4-5-13(2)12-8/h4-5,7,9H,3,6H2,1-2H3,(H,16,17). The number of aliphatic carboxylic acids is 1. The lowest BCUT2D eigenvalue weighted by Crippen LogP contribution is -2.42. The highest BCUT2D eigenvalue weighted by Crippen LogP contribution is 2.25. The Morgan fingerprint density at radius 1 is 1.53 bits per heavy atom. The summed E-state index contributed by atoms with van der Waals surface area (Å²) in [6.45, 7) is 2.33. The molecule has 2 rings (SSSR count). The minimum atomic E-state index is -0.945. The summed E-state index contributed by atoms with van der Waals surface area (Å²) in [6, 6.07) is 0.869. The van der Waals surface area contributed by atoms with E-state index in [4.69, 9.17) is 5.11 Å². The molecule has 2 heterocycles. The van der Waals surface area contributed by atoms with Crippen LogP contribution in [0.4, 0.5) is 0 Å². The Balaban J connectivity index is 2.22. The number of rotatable bonds is 2. The third kappa shape index (κ3) is 2.02. The van der Waals surface area contributed by atoms with Crippen molar-refractivity contribution in [3.8, 4) is 0 Å². The summed E-state index contributed by atoms with van der Waals surface area (Å²) in [5, 5.41) is 13.1. The summed E-state index contributed by atoms with van der Waals surface area (Å²) in [5.41, 5.74) is 0.299. The number of amides is 1. The molecule has 1 aliphatic heterocycles. The number of likely N-dealkylation sites (tertiary alicyclic amines) is 1. The molecule has 2 unspecified atom stereocenters. The Hall–Kier alpha value is -1.85. The first-order valence-corrected chi connectivity index (χ1v) is 5.54. The molecule has 0 bridgehead atoms. The number of aromatic nitrogens is 2. The molecule has 6 heteroatoms. The third-order valence-corrected chi connectivity index (χ3v) is 3.15. The molecule has 0 aromatic carbocycles. The summed E-state index contributed by atoms with van der Waals surface area (Å²) >= 11 is 0. The zero-order valence-electron chi connectivity index (χ0n) is 9.83. The summed E-state index contributed by atoms with van der Waals surface area (Å²) < 4.78 is 1.53. The second-order valence-corrected chi connectivity index (χ2v) is 4.42. The Bertz CT molecular complexity index is 455. The van der Waals surface area contributed by atoms with Crippen LogP contribution in [0.3, 0.4) is 0 Å². The first kappa shape index (κ1) is 11.6. The van der Waals surface area contributed by atoms with E-state index in [1.807, 2.05) is 6.92 Å². The van der Waals surface area contributed by atoms with E-state index in [-0.39, 0.29) is 11.8 Å². The minimum absolute atomic E-state index is 0.0137. The summed E-state index contributed by atoms with van der Waals surface area (Å²) in [4.78, 5) is 24.6. The second kappa shape index (κ2) is 4.20. The van der Waals surface area contributed by atoms with Gasteiger partial charge < -0.3 is 10.0 Å². The van der Waals surface area contributed by atoms with Crippen LogP contribution in [0.2, 0.25) is 0 Å². The topological polar surface area (TPSA) is 75.4 Å². The van der Waals surface area contributed by atoms with Gasteiger partial charge in [-0.05, 0) is 18.4 Å². The van der Waals surface area contributed by atoms with Crippen molar-refractivity contribution in [2.45, 2.75) is 19.4 Å². The third-order valence-electron chi connectivity index (χ3n) is 3.15. The Labute approximate surface area is 98.8 Å². The van der Waals surface area contributed by atoms with Crippen LogP contribution in [0.5, 0.6) is 0 Å². The highest BCUT2D eigenvalue weighted by Gasteiger charge is 2.40. The van der Waals surface area contributed by atoms with Crippen molar-refractivity contribution in [2.75, 3.05) is 6.54 Å². The quantitative estimate of drug-likeness (QED) is 0.805. The Kier molecular flexibility index (Phi) is 2.87. The fraction of sp³-hybridized carbons (Fsp3) is 0.545. The van der Waals surface area contributed by atoms with E-state index in [0.717, 1.165) is 6.42 Å². The first-order valence-electron chi connectivity index (χ1n) is 5.54. The van der Waals surface area contributed by atoms with Crippen LogP contribution in [0.1, 0.15) is 23.8 Å². The van der Waals surface area contributed by atoms with E-state index < -0.39 is 12.0 Å². The van der Waals surface area contributed by atoms with Gasteiger partial charge in [0.2, 0.25) is 0 Å². The van der Waals surface area contributed by atoms with E-state index >= 15 is 0 Å². The van der Waals surface area contributed by atoms with Gasteiger partial charge in [-0.3, -0.25) is 9.48 Å². The van der Waals surface area contributed by atoms with Crippen LogP contribution in [-0.2, 0) is 11.8 Å². The molecule has 17 heavy (non-hydrogen) atoms. The molecular weight excluding hydrogens is 222 g/mol. The number of hydrogen-bond donors (Lipinski definition) is 1. The first-order chi connectivity index (χ1) is 8.00. The lowest BCUT2D eigenvalue weighted by Gasteiger charge is -2.22. The average Bonchev–Trinajstić information content (AvgIpc) is 2.83. The van der Waals surface area contributed by atoms with Gasteiger partial charge in [-0.2, -0.15) is 5.10 Å². The van der Waals surface area contributed by atoms with E-state index in [9.17, 15) is 9.59 Å². The molecule has 2 atom stereocenters. The van der Waals surface area contributed by atoms with Crippen LogP contribution < -0.4 is 0 Å². The molecule has 1 N–H and O–H groups in total. The van der Waals surface area contributed by atoms with Crippen LogP contribution in [0.25, 0.3) is 0 Å². The fourth-order valence-electron chi connectivity index (χ4n) is 2.23. The number of aryl methyl sites for hydroxylation is 1. The molecule has 0 spiro atoms. The monoisotopic (exact) mass is 237 g/mol. The smallest absolute Gasteiger partial charge is 0.326 e. The molecule has 1 saturated heterocycles. The van der Waals surface area contributed by atoms with Gasteiger partial charge in [-0.15, -0.1) is 0 Å². The van der Waals surface area contributed by atoms with E-state index in [1.54, 1.807) is 19.3 Å². The summed E-state index contributed by atoms with van der Waals surface area (Å²) in [7, 11) is 1.72. The molecule has 6 nitrogen and oxygen atoms in total. The van der Waals surface area contributed by atoms with E-state index in [1.165, 1.54) is 9.58 Å². The number of carboxylic acid groups (broad SMARTS) is 1. The van der Waals surface area contributed by atoms with Gasteiger partial charge in [0.25, 0.3) is 5.91 Å². The van der Waals surface area contributed by atoms with Crippen molar-refractivity contribution in [1.29, 1.82) is 0 Å². The predicted octanol–water partition coefficient (Wildman–Crippen LogP) is 0.355. The van der Waals surface area contributed by atoms with Gasteiger partial charge in [0.1, 0.15) is 11.7 Å². The number of nitrogens with zero attached hydrogens (tertiary/aromatic N) is 3. The molecule has 92 valence electrons. The maximum atomic E-state index is 12.1. The molecular formula is C11H15N3O3. The van der Waals surface area contributed by atoms with Crippen molar-refractivity contribution in [2.24, 2.45) is 13.0 Å². The lowest BCUT2D eigenvalue weighted by molar-refractivity contribution is -0.142. The Morgan fingerprint density at radius 2 is 2.24 bits per heavy atom. The predicted molar refractivity (Wildman–Crippen MR) is 59.4 cm³/mol. The van der Waals surface area contributed by atoms with Crippen LogP contribution in [-0.4, -0.2) is 44.3 Å². The largest absolute Gasteiger partial charge is 0.480 e. The molecule has 1 amide bonds. The van der Waals surface area contributed by atoms with Gasteiger partial charge in [-0.25, -0.2) is 4.79 Å². The van der Waals surface area contributed by atoms with E-state index in [0.29, 0.717) is 12.2 Å². The van der Waals surface area contributed by atoms with Crippen molar-refractivity contribution in [3.05, 3.63) is 18.0 Å². The zero-order valence-corrected chi connectivity index (χ0v) is 9.83. The zero-order chi connectivity index (χ0) is 12.6. The van der Waals surface area contributed by atoms with Gasteiger partial charge in [0.05, 0.1) is 0 Å². The maximum absolute atomic E-state index is 12.1. The average molecular weight is 237 g/mol. The van der Waals surface area contributed by atoms with Crippen LogP contribution in [0, 0.1) is 5.92 Å². The molecule has 0 radical (unpaired) electrons. The number of hydrogen-bond acceptors (Lipinski definition) is 3. The summed E-state index contributed by atoms with van der Waals surface area (Å²) in [6.07, 6.45) is 2.39. The van der Waals surface area contributed by atoms with Gasteiger partial charge >= 0.3 is 5.97 Å². The molecule has 1 aromatic rings. The molecule has 0 aliphatic carbocycles. The van der Waals surface area contributed by atoms with Crippen molar-refractivity contribution < 1.29 is 14.7 Å². The SMILES string of the molecule is CC1CCN(C(=O)c2ccn(C)n2)C1C(=O)O. The van der Waals surface area contributed by atoms with Gasteiger partial charge in [0, 0.05) is 19.8 Å². The normalized spacial score (nSPS) is 24.0. The fourth-order valence-corrected chi connectivity index (χ4v) is 2.23. The Morgan fingerprint density at radius 3 is 2.76 bits per heavy atom. The van der Waals surface area contributed by atoms with Crippen molar-refractivity contribution >= 4 is 11.9 Å². The van der Waals surface area contributed by atoms with Gasteiger partial charge in [-0.1, -0.05) is 6.92 Å². The molecule has 1 fully saturated rings. The molecule has 0 saturated carbocycles. The summed E-state index contributed by atoms with van der Waals surface area (Å²) in [5.74, 6) is -1.26. The molecule has 1 aliphatic rings. The maximum Gasteiger partial charge on any atom is 0.326 e. The highest BCUT2D eigenvalue weighted by atomic mass is 16.4. The number of carbonyl (C=O) groups excluding carboxylic acids is 1. The number of carboxylic acids is 1.